The van der Waals surface area contributed by atoms with E-state index in [1.165, 1.54) is 12.0 Å². The van der Waals surface area contributed by atoms with Gasteiger partial charge in [0.15, 0.2) is 0 Å². The van der Waals surface area contributed by atoms with Crippen molar-refractivity contribution in [1.82, 2.24) is 0 Å². The third kappa shape index (κ3) is 2.68. The van der Waals surface area contributed by atoms with E-state index >= 15 is 0 Å². The molecular weight excluding hydrogens is 152 g/mol. The summed E-state index contributed by atoms with van der Waals surface area (Å²) in [6, 6.07) is 0. The summed E-state index contributed by atoms with van der Waals surface area (Å²) in [5.41, 5.74) is 1.25. The standard InChI is InChI=1S/C10H16O2/c1-3-12-10(11)7-9-5-4-8(2)6-9/h7-8H,3-6H2,1-2H3/b9-7-/t8-/m1/s1. The summed E-state index contributed by atoms with van der Waals surface area (Å²) in [6.45, 7) is 4.51. The third-order valence-electron chi connectivity index (χ3n) is 2.18. The highest BCUT2D eigenvalue weighted by Gasteiger charge is 2.15. The van der Waals surface area contributed by atoms with E-state index in [2.05, 4.69) is 6.92 Å². The van der Waals surface area contributed by atoms with Crippen LogP contribution in [-0.2, 0) is 9.53 Å². The maximum atomic E-state index is 11.0. The van der Waals surface area contributed by atoms with Gasteiger partial charge in [0.2, 0.25) is 0 Å². The molecule has 0 spiro atoms. The summed E-state index contributed by atoms with van der Waals surface area (Å²) in [5.74, 6) is 0.562. The number of hydrogen-bond acceptors (Lipinski definition) is 2. The first-order valence-electron chi connectivity index (χ1n) is 4.58. The first kappa shape index (κ1) is 9.30. The Labute approximate surface area is 73.6 Å². The number of esters is 1. The van der Waals surface area contributed by atoms with Gasteiger partial charge in [0.1, 0.15) is 0 Å². The lowest BCUT2D eigenvalue weighted by Gasteiger charge is -1.98. The van der Waals surface area contributed by atoms with Crippen LogP contribution in [0.15, 0.2) is 11.6 Å². The largest absolute Gasteiger partial charge is 0.463 e. The topological polar surface area (TPSA) is 26.3 Å². The number of carbonyl (C=O) groups is 1. The molecule has 0 N–H and O–H groups in total. The van der Waals surface area contributed by atoms with Crippen molar-refractivity contribution >= 4 is 5.97 Å². The van der Waals surface area contributed by atoms with Gasteiger partial charge in [-0.2, -0.15) is 0 Å². The maximum absolute atomic E-state index is 11.0. The normalized spacial score (nSPS) is 26.2. The quantitative estimate of drug-likeness (QED) is 0.467. The third-order valence-corrected chi connectivity index (χ3v) is 2.18. The molecule has 0 unspecified atom stereocenters. The fraction of sp³-hybridized carbons (Fsp3) is 0.700. The molecule has 0 radical (unpaired) electrons. The van der Waals surface area contributed by atoms with Crippen LogP contribution in [0.3, 0.4) is 0 Å². The van der Waals surface area contributed by atoms with Gasteiger partial charge in [-0.1, -0.05) is 12.5 Å². The zero-order chi connectivity index (χ0) is 8.97. The lowest BCUT2D eigenvalue weighted by Crippen LogP contribution is -2.00. The van der Waals surface area contributed by atoms with Gasteiger partial charge in [-0.15, -0.1) is 0 Å². The van der Waals surface area contributed by atoms with Gasteiger partial charge in [-0.05, 0) is 32.1 Å². The average molecular weight is 168 g/mol. The SMILES string of the molecule is CCOC(=O)/C=C1/CC[C@@H](C)C1. The van der Waals surface area contributed by atoms with Crippen molar-refractivity contribution in [3.63, 3.8) is 0 Å². The number of rotatable bonds is 2. The van der Waals surface area contributed by atoms with E-state index < -0.39 is 0 Å². The van der Waals surface area contributed by atoms with Crippen molar-refractivity contribution < 1.29 is 9.53 Å². The molecule has 0 aromatic carbocycles. The highest BCUT2D eigenvalue weighted by Crippen LogP contribution is 2.29. The Morgan fingerprint density at radius 3 is 3.00 bits per heavy atom. The Bertz CT molecular complexity index is 194. The van der Waals surface area contributed by atoms with Crippen LogP contribution in [0.5, 0.6) is 0 Å². The van der Waals surface area contributed by atoms with Gasteiger partial charge in [0, 0.05) is 6.08 Å². The minimum absolute atomic E-state index is 0.179. The van der Waals surface area contributed by atoms with E-state index in [0.717, 1.165) is 18.8 Å². The molecule has 1 saturated carbocycles. The fourth-order valence-corrected chi connectivity index (χ4v) is 1.57. The second-order valence-electron chi connectivity index (χ2n) is 3.40. The van der Waals surface area contributed by atoms with E-state index in [9.17, 15) is 4.79 Å². The van der Waals surface area contributed by atoms with E-state index in [-0.39, 0.29) is 5.97 Å². The molecule has 0 aromatic heterocycles. The molecule has 2 heteroatoms. The zero-order valence-corrected chi connectivity index (χ0v) is 7.80. The van der Waals surface area contributed by atoms with Gasteiger partial charge < -0.3 is 4.74 Å². The lowest BCUT2D eigenvalue weighted by atomic mass is 10.1. The lowest BCUT2D eigenvalue weighted by molar-refractivity contribution is -0.137. The van der Waals surface area contributed by atoms with Crippen LogP contribution >= 0.6 is 0 Å². The summed E-state index contributed by atoms with van der Waals surface area (Å²) in [6.07, 6.45) is 5.01. The highest BCUT2D eigenvalue weighted by molar-refractivity contribution is 5.82. The Morgan fingerprint density at radius 1 is 1.75 bits per heavy atom. The van der Waals surface area contributed by atoms with E-state index in [1.54, 1.807) is 6.08 Å². The first-order valence-corrected chi connectivity index (χ1v) is 4.58. The molecule has 1 aliphatic carbocycles. The van der Waals surface area contributed by atoms with Crippen LogP contribution in [0.1, 0.15) is 33.1 Å². The molecule has 1 fully saturated rings. The van der Waals surface area contributed by atoms with Crippen molar-refractivity contribution in [3.8, 4) is 0 Å². The maximum Gasteiger partial charge on any atom is 0.330 e. The number of allylic oxidation sites excluding steroid dienone is 1. The fourth-order valence-electron chi connectivity index (χ4n) is 1.57. The predicted octanol–water partition coefficient (Wildman–Crippen LogP) is 2.30. The van der Waals surface area contributed by atoms with E-state index in [4.69, 9.17) is 4.74 Å². The zero-order valence-electron chi connectivity index (χ0n) is 7.80. The van der Waals surface area contributed by atoms with Crippen LogP contribution in [0.4, 0.5) is 0 Å². The summed E-state index contributed by atoms with van der Waals surface area (Å²) >= 11 is 0. The molecule has 68 valence electrons. The van der Waals surface area contributed by atoms with Crippen molar-refractivity contribution in [2.24, 2.45) is 5.92 Å². The van der Waals surface area contributed by atoms with Crippen LogP contribution in [0, 0.1) is 5.92 Å². The van der Waals surface area contributed by atoms with Gasteiger partial charge >= 0.3 is 5.97 Å². The number of carbonyl (C=O) groups excluding carboxylic acids is 1. The predicted molar refractivity (Wildman–Crippen MR) is 47.7 cm³/mol. The Morgan fingerprint density at radius 2 is 2.50 bits per heavy atom. The minimum Gasteiger partial charge on any atom is -0.463 e. The number of ether oxygens (including phenoxy) is 1. The van der Waals surface area contributed by atoms with Crippen molar-refractivity contribution in [2.75, 3.05) is 6.61 Å². The van der Waals surface area contributed by atoms with Crippen LogP contribution in [0.25, 0.3) is 0 Å². The van der Waals surface area contributed by atoms with Crippen LogP contribution in [0.2, 0.25) is 0 Å². The first-order chi connectivity index (χ1) is 5.72. The molecule has 0 aromatic rings. The Balaban J connectivity index is 2.41. The number of hydrogen-bond donors (Lipinski definition) is 0. The van der Waals surface area contributed by atoms with Crippen molar-refractivity contribution in [2.45, 2.75) is 33.1 Å². The summed E-state index contributed by atoms with van der Waals surface area (Å²) in [4.78, 5) is 11.0. The molecule has 0 bridgehead atoms. The van der Waals surface area contributed by atoms with Crippen LogP contribution < -0.4 is 0 Å². The van der Waals surface area contributed by atoms with E-state index in [1.807, 2.05) is 6.92 Å². The van der Waals surface area contributed by atoms with Crippen molar-refractivity contribution in [1.29, 1.82) is 0 Å². The molecule has 0 amide bonds. The Hall–Kier alpha value is -0.790. The summed E-state index contributed by atoms with van der Waals surface area (Å²) in [5, 5.41) is 0. The van der Waals surface area contributed by atoms with Crippen molar-refractivity contribution in [3.05, 3.63) is 11.6 Å². The molecule has 0 heterocycles. The average Bonchev–Trinajstić information content (AvgIpc) is 2.36. The smallest absolute Gasteiger partial charge is 0.330 e. The second-order valence-corrected chi connectivity index (χ2v) is 3.40. The molecule has 1 aliphatic rings. The summed E-state index contributed by atoms with van der Waals surface area (Å²) < 4.78 is 4.82. The molecule has 12 heavy (non-hydrogen) atoms. The van der Waals surface area contributed by atoms with E-state index in [0.29, 0.717) is 6.61 Å². The molecule has 0 saturated heterocycles. The van der Waals surface area contributed by atoms with Crippen LogP contribution in [-0.4, -0.2) is 12.6 Å². The minimum atomic E-state index is -0.179. The monoisotopic (exact) mass is 168 g/mol. The van der Waals surface area contributed by atoms with Gasteiger partial charge in [-0.25, -0.2) is 4.79 Å². The van der Waals surface area contributed by atoms with Gasteiger partial charge in [0.05, 0.1) is 6.61 Å². The molecule has 1 atom stereocenters. The Kier molecular flexibility index (Phi) is 3.32. The molecule has 2 nitrogen and oxygen atoms in total. The second kappa shape index (κ2) is 4.29. The molecule has 1 rings (SSSR count). The highest BCUT2D eigenvalue weighted by atomic mass is 16.5. The molecular formula is C10H16O2. The summed E-state index contributed by atoms with van der Waals surface area (Å²) in [7, 11) is 0. The molecule has 0 aliphatic heterocycles. The van der Waals surface area contributed by atoms with Gasteiger partial charge in [0.25, 0.3) is 0 Å². The van der Waals surface area contributed by atoms with Gasteiger partial charge in [-0.3, -0.25) is 0 Å².